The van der Waals surface area contributed by atoms with Gasteiger partial charge in [-0.25, -0.2) is 0 Å². The number of halogens is 1. The Labute approximate surface area is 149 Å². The molecule has 1 atom stereocenters. The van der Waals surface area contributed by atoms with Crippen molar-refractivity contribution < 1.29 is 9.53 Å². The van der Waals surface area contributed by atoms with Crippen LogP contribution in [0.3, 0.4) is 0 Å². The lowest BCUT2D eigenvalue weighted by Gasteiger charge is -2.19. The van der Waals surface area contributed by atoms with Crippen LogP contribution in [0.15, 0.2) is 42.5 Å². The number of hydrogen-bond donors (Lipinski definition) is 1. The van der Waals surface area contributed by atoms with Crippen molar-refractivity contribution in [1.29, 1.82) is 0 Å². The van der Waals surface area contributed by atoms with Crippen LogP contribution >= 0.6 is 11.6 Å². The molecule has 0 saturated carbocycles. The monoisotopic (exact) mass is 345 g/mol. The average Bonchev–Trinajstić information content (AvgIpc) is 2.58. The SMILES string of the molecule is CC[C@@H](Oc1cccc(C)c1C)C(=O)NCCc1ccc(Cl)cc1. The molecule has 0 unspecified atom stereocenters. The van der Waals surface area contributed by atoms with Gasteiger partial charge in [-0.05, 0) is 61.6 Å². The fraction of sp³-hybridized carbons (Fsp3) is 0.350. The molecule has 24 heavy (non-hydrogen) atoms. The molecule has 0 aliphatic carbocycles. The van der Waals surface area contributed by atoms with Crippen LogP contribution in [0, 0.1) is 13.8 Å². The molecule has 2 aromatic rings. The molecule has 0 aliphatic rings. The topological polar surface area (TPSA) is 38.3 Å². The molecular formula is C20H24ClNO2. The quantitative estimate of drug-likeness (QED) is 0.803. The third-order valence-electron chi connectivity index (χ3n) is 4.11. The molecule has 1 amide bonds. The van der Waals surface area contributed by atoms with E-state index < -0.39 is 6.10 Å². The van der Waals surface area contributed by atoms with Gasteiger partial charge in [0.15, 0.2) is 6.10 Å². The first kappa shape index (κ1) is 18.3. The second-order valence-corrected chi connectivity index (χ2v) is 6.32. The lowest BCUT2D eigenvalue weighted by molar-refractivity contribution is -0.128. The van der Waals surface area contributed by atoms with Gasteiger partial charge in [0.05, 0.1) is 0 Å². The minimum absolute atomic E-state index is 0.0765. The highest BCUT2D eigenvalue weighted by Crippen LogP contribution is 2.22. The van der Waals surface area contributed by atoms with E-state index >= 15 is 0 Å². The van der Waals surface area contributed by atoms with E-state index in [0.29, 0.717) is 13.0 Å². The largest absolute Gasteiger partial charge is 0.480 e. The van der Waals surface area contributed by atoms with Crippen molar-refractivity contribution in [3.05, 3.63) is 64.2 Å². The Balaban J connectivity index is 1.89. The first-order valence-electron chi connectivity index (χ1n) is 8.26. The molecule has 0 aromatic heterocycles. The number of benzene rings is 2. The first-order valence-corrected chi connectivity index (χ1v) is 8.64. The van der Waals surface area contributed by atoms with Crippen molar-refractivity contribution in [3.8, 4) is 5.75 Å². The van der Waals surface area contributed by atoms with Crippen molar-refractivity contribution in [2.45, 2.75) is 39.7 Å². The van der Waals surface area contributed by atoms with E-state index in [4.69, 9.17) is 16.3 Å². The number of rotatable bonds is 7. The van der Waals surface area contributed by atoms with E-state index in [9.17, 15) is 4.79 Å². The fourth-order valence-electron chi connectivity index (χ4n) is 2.42. The van der Waals surface area contributed by atoms with Gasteiger partial charge in [-0.15, -0.1) is 0 Å². The molecule has 0 heterocycles. The van der Waals surface area contributed by atoms with E-state index in [1.807, 2.05) is 63.2 Å². The van der Waals surface area contributed by atoms with Gasteiger partial charge in [-0.3, -0.25) is 4.79 Å². The van der Waals surface area contributed by atoms with Crippen LogP contribution in [0.2, 0.25) is 5.02 Å². The van der Waals surface area contributed by atoms with Gasteiger partial charge in [-0.1, -0.05) is 42.8 Å². The maximum absolute atomic E-state index is 12.4. The number of ether oxygens (including phenoxy) is 1. The predicted molar refractivity (Wildman–Crippen MR) is 98.8 cm³/mol. The summed E-state index contributed by atoms with van der Waals surface area (Å²) in [5.41, 5.74) is 3.37. The molecule has 0 fully saturated rings. The van der Waals surface area contributed by atoms with Gasteiger partial charge in [-0.2, -0.15) is 0 Å². The molecule has 0 bridgehead atoms. The summed E-state index contributed by atoms with van der Waals surface area (Å²) in [5, 5.41) is 3.67. The molecule has 2 rings (SSSR count). The molecule has 1 N–H and O–H groups in total. The van der Waals surface area contributed by atoms with Crippen LogP contribution in [0.25, 0.3) is 0 Å². The maximum atomic E-state index is 12.4. The molecular weight excluding hydrogens is 322 g/mol. The predicted octanol–water partition coefficient (Wildman–Crippen LogP) is 4.47. The molecule has 0 spiro atoms. The summed E-state index contributed by atoms with van der Waals surface area (Å²) in [5.74, 6) is 0.696. The molecule has 3 nitrogen and oxygen atoms in total. The highest BCUT2D eigenvalue weighted by molar-refractivity contribution is 6.30. The molecule has 0 aliphatic heterocycles. The van der Waals surface area contributed by atoms with Crippen molar-refractivity contribution >= 4 is 17.5 Å². The second-order valence-electron chi connectivity index (χ2n) is 5.88. The second kappa shape index (κ2) is 8.74. The highest BCUT2D eigenvalue weighted by Gasteiger charge is 2.18. The Morgan fingerprint density at radius 1 is 1.17 bits per heavy atom. The third kappa shape index (κ3) is 5.00. The number of nitrogens with one attached hydrogen (secondary N) is 1. The van der Waals surface area contributed by atoms with E-state index in [2.05, 4.69) is 5.32 Å². The zero-order valence-electron chi connectivity index (χ0n) is 14.4. The number of carbonyl (C=O) groups is 1. The van der Waals surface area contributed by atoms with E-state index in [1.54, 1.807) is 0 Å². The van der Waals surface area contributed by atoms with Crippen molar-refractivity contribution in [2.75, 3.05) is 6.54 Å². The standard InChI is InChI=1S/C20H24ClNO2/c1-4-18(24-19-7-5-6-14(2)15(19)3)20(23)22-13-12-16-8-10-17(21)11-9-16/h5-11,18H,4,12-13H2,1-3H3,(H,22,23)/t18-/m1/s1. The maximum Gasteiger partial charge on any atom is 0.261 e. The van der Waals surface area contributed by atoms with Crippen LogP contribution in [-0.4, -0.2) is 18.6 Å². The molecule has 0 radical (unpaired) electrons. The van der Waals surface area contributed by atoms with Crippen molar-refractivity contribution in [2.24, 2.45) is 0 Å². The summed E-state index contributed by atoms with van der Waals surface area (Å²) in [7, 11) is 0. The minimum Gasteiger partial charge on any atom is -0.480 e. The van der Waals surface area contributed by atoms with Gasteiger partial charge >= 0.3 is 0 Å². The Morgan fingerprint density at radius 3 is 2.54 bits per heavy atom. The zero-order valence-corrected chi connectivity index (χ0v) is 15.2. The van der Waals surface area contributed by atoms with Gasteiger partial charge in [0.25, 0.3) is 5.91 Å². The van der Waals surface area contributed by atoms with Crippen LogP contribution < -0.4 is 10.1 Å². The number of carbonyl (C=O) groups excluding carboxylic acids is 1. The summed E-state index contributed by atoms with van der Waals surface area (Å²) < 4.78 is 5.93. The van der Waals surface area contributed by atoms with Gasteiger partial charge in [0, 0.05) is 11.6 Å². The lowest BCUT2D eigenvalue weighted by Crippen LogP contribution is -2.39. The lowest BCUT2D eigenvalue weighted by atomic mass is 10.1. The molecule has 2 aromatic carbocycles. The summed E-state index contributed by atoms with van der Waals surface area (Å²) >= 11 is 5.87. The van der Waals surface area contributed by atoms with Gasteiger partial charge < -0.3 is 10.1 Å². The zero-order chi connectivity index (χ0) is 17.5. The summed E-state index contributed by atoms with van der Waals surface area (Å²) in [6, 6.07) is 13.6. The molecule has 4 heteroatoms. The van der Waals surface area contributed by atoms with Crippen molar-refractivity contribution in [3.63, 3.8) is 0 Å². The van der Waals surface area contributed by atoms with Crippen LogP contribution in [0.5, 0.6) is 5.75 Å². The Morgan fingerprint density at radius 2 is 1.88 bits per heavy atom. The fourth-order valence-corrected chi connectivity index (χ4v) is 2.55. The van der Waals surface area contributed by atoms with E-state index in [0.717, 1.165) is 33.9 Å². The molecule has 128 valence electrons. The Bertz CT molecular complexity index is 683. The molecule has 0 saturated heterocycles. The average molecular weight is 346 g/mol. The summed E-state index contributed by atoms with van der Waals surface area (Å²) in [6.07, 6.45) is 0.916. The van der Waals surface area contributed by atoms with Crippen molar-refractivity contribution in [1.82, 2.24) is 5.32 Å². The van der Waals surface area contributed by atoms with Crippen LogP contribution in [-0.2, 0) is 11.2 Å². The number of aryl methyl sites for hydroxylation is 1. The third-order valence-corrected chi connectivity index (χ3v) is 4.37. The normalized spacial score (nSPS) is 11.8. The Kier molecular flexibility index (Phi) is 6.68. The van der Waals surface area contributed by atoms with Gasteiger partial charge in [0.1, 0.15) is 5.75 Å². The highest BCUT2D eigenvalue weighted by atomic mass is 35.5. The van der Waals surface area contributed by atoms with Gasteiger partial charge in [0.2, 0.25) is 0 Å². The smallest absolute Gasteiger partial charge is 0.261 e. The minimum atomic E-state index is -0.476. The summed E-state index contributed by atoms with van der Waals surface area (Å²) in [6.45, 7) is 6.58. The Hall–Kier alpha value is -2.00. The van der Waals surface area contributed by atoms with E-state index in [1.165, 1.54) is 0 Å². The summed E-state index contributed by atoms with van der Waals surface area (Å²) in [4.78, 5) is 12.4. The number of hydrogen-bond acceptors (Lipinski definition) is 2. The van der Waals surface area contributed by atoms with E-state index in [-0.39, 0.29) is 5.91 Å². The first-order chi connectivity index (χ1) is 11.5. The van der Waals surface area contributed by atoms with Crippen LogP contribution in [0.4, 0.5) is 0 Å². The van der Waals surface area contributed by atoms with Crippen LogP contribution in [0.1, 0.15) is 30.0 Å². The number of amides is 1.